The van der Waals surface area contributed by atoms with E-state index in [4.69, 9.17) is 0 Å². The van der Waals surface area contributed by atoms with Gasteiger partial charge < -0.3 is 5.32 Å². The molecule has 3 aromatic rings. The molecule has 2 N–H and O–H groups in total. The van der Waals surface area contributed by atoms with E-state index in [1.165, 1.54) is 12.1 Å². The third-order valence-corrected chi connectivity index (χ3v) is 2.75. The van der Waals surface area contributed by atoms with Crippen LogP contribution in [0.25, 0.3) is 0 Å². The molecule has 0 aliphatic carbocycles. The SMILES string of the molecule is Fc1ccc(Nc2[c]ccc(Cc3nnn[nH]3)c2)cc1. The molecule has 1 radical (unpaired) electrons. The first-order valence-corrected chi connectivity index (χ1v) is 6.05. The first-order chi connectivity index (χ1) is 9.79. The Labute approximate surface area is 114 Å². The standard InChI is InChI=1S/C14H11FN5/c15-11-4-6-12(7-5-11)16-13-3-1-2-10(8-13)9-14-17-19-20-18-14/h1-2,4-8,16H,9H2,(H,17,18,19,20). The van der Waals surface area contributed by atoms with Crippen LogP contribution in [0.4, 0.5) is 15.8 Å². The third-order valence-electron chi connectivity index (χ3n) is 2.75. The summed E-state index contributed by atoms with van der Waals surface area (Å²) in [5.41, 5.74) is 2.66. The Kier molecular flexibility index (Phi) is 3.36. The molecule has 0 aliphatic rings. The van der Waals surface area contributed by atoms with Gasteiger partial charge in [-0.05, 0) is 46.3 Å². The Balaban J connectivity index is 1.75. The molecule has 1 heterocycles. The lowest BCUT2D eigenvalue weighted by molar-refractivity contribution is 0.628. The van der Waals surface area contributed by atoms with Crippen LogP contribution in [0.1, 0.15) is 11.4 Å². The number of nitrogens with one attached hydrogen (secondary N) is 2. The molecule has 0 saturated carbocycles. The summed E-state index contributed by atoms with van der Waals surface area (Å²) in [5.74, 6) is 0.440. The largest absolute Gasteiger partial charge is 0.355 e. The predicted molar refractivity (Wildman–Crippen MR) is 71.9 cm³/mol. The molecule has 0 spiro atoms. The van der Waals surface area contributed by atoms with E-state index in [9.17, 15) is 4.39 Å². The number of benzene rings is 2. The lowest BCUT2D eigenvalue weighted by Gasteiger charge is -2.07. The maximum Gasteiger partial charge on any atom is 0.152 e. The number of anilines is 2. The van der Waals surface area contributed by atoms with Gasteiger partial charge in [-0.25, -0.2) is 9.49 Å². The van der Waals surface area contributed by atoms with Crippen molar-refractivity contribution in [3.63, 3.8) is 0 Å². The summed E-state index contributed by atoms with van der Waals surface area (Å²) in [6, 6.07) is 15.0. The number of nitrogens with zero attached hydrogens (tertiary/aromatic N) is 3. The highest BCUT2D eigenvalue weighted by Crippen LogP contribution is 2.18. The van der Waals surface area contributed by atoms with Gasteiger partial charge in [0.2, 0.25) is 0 Å². The van der Waals surface area contributed by atoms with Gasteiger partial charge in [-0.1, -0.05) is 12.1 Å². The van der Waals surface area contributed by atoms with Gasteiger partial charge in [0, 0.05) is 23.9 Å². The molecule has 6 heteroatoms. The summed E-state index contributed by atoms with van der Waals surface area (Å²) in [6.07, 6.45) is 0.611. The Morgan fingerprint density at radius 3 is 2.80 bits per heavy atom. The highest BCUT2D eigenvalue weighted by Gasteiger charge is 2.02. The Hall–Kier alpha value is -2.76. The van der Waals surface area contributed by atoms with E-state index in [1.54, 1.807) is 12.1 Å². The van der Waals surface area contributed by atoms with Gasteiger partial charge in [0.15, 0.2) is 5.82 Å². The van der Waals surface area contributed by atoms with Crippen molar-refractivity contribution in [2.45, 2.75) is 6.42 Å². The number of aromatic nitrogens is 4. The molecule has 1 aromatic heterocycles. The van der Waals surface area contributed by atoms with Gasteiger partial charge >= 0.3 is 0 Å². The van der Waals surface area contributed by atoms with Crippen molar-refractivity contribution in [2.24, 2.45) is 0 Å². The molecular weight excluding hydrogens is 257 g/mol. The second kappa shape index (κ2) is 5.48. The highest BCUT2D eigenvalue weighted by molar-refractivity contribution is 5.59. The lowest BCUT2D eigenvalue weighted by Crippen LogP contribution is -1.95. The Bertz CT molecular complexity index is 679. The molecule has 0 aliphatic heterocycles. The summed E-state index contributed by atoms with van der Waals surface area (Å²) in [4.78, 5) is 0. The van der Waals surface area contributed by atoms with Crippen molar-refractivity contribution >= 4 is 11.4 Å². The molecule has 0 atom stereocenters. The van der Waals surface area contributed by atoms with Crippen LogP contribution in [0.2, 0.25) is 0 Å². The number of hydrogen-bond acceptors (Lipinski definition) is 4. The number of rotatable bonds is 4. The minimum absolute atomic E-state index is 0.258. The smallest absolute Gasteiger partial charge is 0.152 e. The van der Waals surface area contributed by atoms with Crippen molar-refractivity contribution in [1.82, 2.24) is 20.6 Å². The first-order valence-electron chi connectivity index (χ1n) is 6.05. The normalized spacial score (nSPS) is 10.4. The molecule has 0 bridgehead atoms. The van der Waals surface area contributed by atoms with E-state index in [0.29, 0.717) is 12.2 Å². The number of aromatic amines is 1. The zero-order valence-corrected chi connectivity index (χ0v) is 10.5. The Morgan fingerprint density at radius 1 is 1.20 bits per heavy atom. The number of hydrogen-bond donors (Lipinski definition) is 2. The molecule has 3 rings (SSSR count). The van der Waals surface area contributed by atoms with Crippen LogP contribution in [0.15, 0.2) is 42.5 Å². The van der Waals surface area contributed by atoms with Crippen LogP contribution < -0.4 is 5.32 Å². The maximum absolute atomic E-state index is 12.8. The van der Waals surface area contributed by atoms with Gasteiger partial charge in [-0.15, -0.1) is 5.10 Å². The summed E-state index contributed by atoms with van der Waals surface area (Å²) >= 11 is 0. The van der Waals surface area contributed by atoms with Crippen LogP contribution >= 0.6 is 0 Å². The van der Waals surface area contributed by atoms with E-state index in [0.717, 1.165) is 16.9 Å². The number of tetrazole rings is 1. The first kappa shape index (κ1) is 12.3. The van der Waals surface area contributed by atoms with E-state index < -0.39 is 0 Å². The van der Waals surface area contributed by atoms with Crippen LogP contribution in [-0.2, 0) is 6.42 Å². The van der Waals surface area contributed by atoms with Gasteiger partial charge in [0.25, 0.3) is 0 Å². The summed E-state index contributed by atoms with van der Waals surface area (Å²) in [6.45, 7) is 0. The molecule has 20 heavy (non-hydrogen) atoms. The minimum Gasteiger partial charge on any atom is -0.355 e. The van der Waals surface area contributed by atoms with Crippen molar-refractivity contribution in [3.05, 3.63) is 65.7 Å². The van der Waals surface area contributed by atoms with Crippen molar-refractivity contribution in [1.29, 1.82) is 0 Å². The highest BCUT2D eigenvalue weighted by atomic mass is 19.1. The maximum atomic E-state index is 12.8. The quantitative estimate of drug-likeness (QED) is 0.763. The van der Waals surface area contributed by atoms with Crippen LogP contribution in [0.3, 0.4) is 0 Å². The van der Waals surface area contributed by atoms with Crippen LogP contribution in [0, 0.1) is 11.9 Å². The lowest BCUT2D eigenvalue weighted by atomic mass is 10.1. The van der Waals surface area contributed by atoms with Crippen molar-refractivity contribution in [3.8, 4) is 0 Å². The fourth-order valence-corrected chi connectivity index (χ4v) is 1.83. The van der Waals surface area contributed by atoms with Crippen molar-refractivity contribution < 1.29 is 4.39 Å². The summed E-state index contributed by atoms with van der Waals surface area (Å²) in [5, 5.41) is 16.8. The van der Waals surface area contributed by atoms with Gasteiger partial charge in [0.1, 0.15) is 5.82 Å². The average Bonchev–Trinajstić information content (AvgIpc) is 2.95. The van der Waals surface area contributed by atoms with Gasteiger partial charge in [0.05, 0.1) is 0 Å². The fraction of sp³-hybridized carbons (Fsp3) is 0.0714. The second-order valence-electron chi connectivity index (χ2n) is 4.27. The molecule has 0 fully saturated rings. The predicted octanol–water partition coefficient (Wildman–Crippen LogP) is 2.47. The Morgan fingerprint density at radius 2 is 2.05 bits per heavy atom. The topological polar surface area (TPSA) is 66.5 Å². The fourth-order valence-electron chi connectivity index (χ4n) is 1.83. The molecular formula is C14H11FN5. The average molecular weight is 268 g/mol. The van der Waals surface area contributed by atoms with E-state index in [1.807, 2.05) is 18.2 Å². The molecule has 2 aromatic carbocycles. The molecule has 99 valence electrons. The molecule has 0 amide bonds. The summed E-state index contributed by atoms with van der Waals surface area (Å²) < 4.78 is 12.8. The van der Waals surface area contributed by atoms with Gasteiger partial charge in [-0.3, -0.25) is 0 Å². The molecule has 5 nitrogen and oxygen atoms in total. The number of H-pyrrole nitrogens is 1. The van der Waals surface area contributed by atoms with Crippen LogP contribution in [-0.4, -0.2) is 20.6 Å². The monoisotopic (exact) mass is 268 g/mol. The van der Waals surface area contributed by atoms with E-state index in [-0.39, 0.29) is 5.82 Å². The second-order valence-corrected chi connectivity index (χ2v) is 4.27. The van der Waals surface area contributed by atoms with E-state index >= 15 is 0 Å². The zero-order valence-electron chi connectivity index (χ0n) is 10.5. The molecule has 0 unspecified atom stereocenters. The van der Waals surface area contributed by atoms with Gasteiger partial charge in [-0.2, -0.15) is 0 Å². The summed E-state index contributed by atoms with van der Waals surface area (Å²) in [7, 11) is 0. The van der Waals surface area contributed by atoms with E-state index in [2.05, 4.69) is 32.0 Å². The number of halogens is 1. The third kappa shape index (κ3) is 2.97. The zero-order chi connectivity index (χ0) is 13.8. The van der Waals surface area contributed by atoms with Crippen molar-refractivity contribution in [2.75, 3.05) is 5.32 Å². The molecule has 0 saturated heterocycles. The van der Waals surface area contributed by atoms with Crippen LogP contribution in [0.5, 0.6) is 0 Å². The minimum atomic E-state index is -0.258.